The van der Waals surface area contributed by atoms with Crippen LogP contribution >= 0.6 is 11.6 Å². The van der Waals surface area contributed by atoms with E-state index in [4.69, 9.17) is 11.6 Å². The van der Waals surface area contributed by atoms with Crippen molar-refractivity contribution < 1.29 is 5.11 Å². The normalized spacial score (nSPS) is 20.7. The fraction of sp³-hybridized carbons (Fsp3) is 0.500. The average molecular weight is 280 g/mol. The van der Waals surface area contributed by atoms with Crippen LogP contribution in [0.25, 0.3) is 5.52 Å². The highest BCUT2D eigenvalue weighted by molar-refractivity contribution is 6.32. The van der Waals surface area contributed by atoms with E-state index in [1.165, 1.54) is 0 Å². The van der Waals surface area contributed by atoms with E-state index in [1.54, 1.807) is 12.1 Å². The van der Waals surface area contributed by atoms with Crippen LogP contribution in [0.15, 0.2) is 18.3 Å². The summed E-state index contributed by atoms with van der Waals surface area (Å²) >= 11 is 6.17. The van der Waals surface area contributed by atoms with E-state index in [-0.39, 0.29) is 5.75 Å². The van der Waals surface area contributed by atoms with Gasteiger partial charge in [0.15, 0.2) is 5.15 Å². The Kier molecular flexibility index (Phi) is 3.15. The van der Waals surface area contributed by atoms with Crippen LogP contribution in [0.2, 0.25) is 5.15 Å². The first-order valence-electron chi connectivity index (χ1n) is 6.67. The Labute approximate surface area is 117 Å². The molecule has 0 spiro atoms. The lowest BCUT2D eigenvalue weighted by molar-refractivity contribution is 0.272. The largest absolute Gasteiger partial charge is 0.508 e. The van der Waals surface area contributed by atoms with Gasteiger partial charge >= 0.3 is 0 Å². The predicted molar refractivity (Wildman–Crippen MR) is 75.9 cm³/mol. The molecule has 0 aliphatic carbocycles. The number of aromatic nitrogens is 2. The fourth-order valence-corrected chi connectivity index (χ4v) is 3.05. The molecule has 1 saturated heterocycles. The molecular formula is C14H18ClN3O. The molecule has 1 unspecified atom stereocenters. The Balaban J connectivity index is 1.98. The molecule has 3 rings (SSSR count). The van der Waals surface area contributed by atoms with Gasteiger partial charge in [-0.15, -0.1) is 0 Å². The number of imidazole rings is 1. The molecule has 19 heavy (non-hydrogen) atoms. The third-order valence-electron chi connectivity index (χ3n) is 3.92. The summed E-state index contributed by atoms with van der Waals surface area (Å²) in [4.78, 5) is 6.96. The Bertz CT molecular complexity index is 608. The highest BCUT2D eigenvalue weighted by Gasteiger charge is 2.29. The van der Waals surface area contributed by atoms with Crippen LogP contribution in [-0.2, 0) is 0 Å². The van der Waals surface area contributed by atoms with Crippen LogP contribution in [0.5, 0.6) is 5.75 Å². The van der Waals surface area contributed by atoms with Gasteiger partial charge in [-0.25, -0.2) is 4.98 Å². The van der Waals surface area contributed by atoms with E-state index in [9.17, 15) is 5.11 Å². The fourth-order valence-electron chi connectivity index (χ4n) is 2.81. The van der Waals surface area contributed by atoms with Gasteiger partial charge in [0.25, 0.3) is 0 Å². The third-order valence-corrected chi connectivity index (χ3v) is 4.20. The van der Waals surface area contributed by atoms with Crippen LogP contribution in [-0.4, -0.2) is 38.5 Å². The predicted octanol–water partition coefficient (Wildman–Crippen LogP) is 2.89. The summed E-state index contributed by atoms with van der Waals surface area (Å²) in [6, 6.07) is 3.90. The SMILES string of the molecule is CC(C)N1CCC(c2nc(Cl)c3cc(O)ccn23)C1. The van der Waals surface area contributed by atoms with Gasteiger partial charge in [-0.05, 0) is 32.9 Å². The molecule has 0 radical (unpaired) electrons. The Morgan fingerprint density at radius 3 is 2.95 bits per heavy atom. The van der Waals surface area contributed by atoms with Gasteiger partial charge in [0.05, 0.1) is 5.52 Å². The quantitative estimate of drug-likeness (QED) is 0.919. The Hall–Kier alpha value is -1.26. The van der Waals surface area contributed by atoms with Crippen LogP contribution < -0.4 is 0 Å². The van der Waals surface area contributed by atoms with Crippen molar-refractivity contribution in [3.8, 4) is 5.75 Å². The summed E-state index contributed by atoms with van der Waals surface area (Å²) in [5.74, 6) is 1.63. The molecular weight excluding hydrogens is 262 g/mol. The first kappa shape index (κ1) is 12.8. The maximum Gasteiger partial charge on any atom is 0.155 e. The smallest absolute Gasteiger partial charge is 0.155 e. The molecule has 0 aromatic carbocycles. The summed E-state index contributed by atoms with van der Waals surface area (Å²) < 4.78 is 2.00. The van der Waals surface area contributed by atoms with Crippen LogP contribution in [0.3, 0.4) is 0 Å². The van der Waals surface area contributed by atoms with E-state index in [2.05, 4.69) is 23.7 Å². The molecule has 3 heterocycles. The van der Waals surface area contributed by atoms with E-state index >= 15 is 0 Å². The lowest BCUT2D eigenvalue weighted by atomic mass is 10.1. The minimum atomic E-state index is 0.219. The maximum atomic E-state index is 9.54. The lowest BCUT2D eigenvalue weighted by Gasteiger charge is -2.19. The van der Waals surface area contributed by atoms with Crippen molar-refractivity contribution >= 4 is 17.1 Å². The number of rotatable bonds is 2. The number of fused-ring (bicyclic) bond motifs is 1. The number of hydrogen-bond acceptors (Lipinski definition) is 3. The molecule has 1 fully saturated rings. The summed E-state index contributed by atoms with van der Waals surface area (Å²) in [6.07, 6.45) is 2.95. The van der Waals surface area contributed by atoms with Gasteiger partial charge in [0.1, 0.15) is 11.6 Å². The van der Waals surface area contributed by atoms with Gasteiger partial charge in [-0.3, -0.25) is 0 Å². The Morgan fingerprint density at radius 1 is 1.47 bits per heavy atom. The van der Waals surface area contributed by atoms with Crippen LogP contribution in [0.1, 0.15) is 32.0 Å². The zero-order valence-corrected chi connectivity index (χ0v) is 11.9. The van der Waals surface area contributed by atoms with Gasteiger partial charge in [0, 0.05) is 30.8 Å². The minimum Gasteiger partial charge on any atom is -0.508 e. The second-order valence-electron chi connectivity index (χ2n) is 5.48. The summed E-state index contributed by atoms with van der Waals surface area (Å²) in [6.45, 7) is 6.56. The second kappa shape index (κ2) is 4.69. The molecule has 102 valence electrons. The number of halogens is 1. The van der Waals surface area contributed by atoms with Crippen LogP contribution in [0, 0.1) is 0 Å². The highest BCUT2D eigenvalue weighted by atomic mass is 35.5. The maximum absolute atomic E-state index is 9.54. The zero-order chi connectivity index (χ0) is 13.6. The van der Waals surface area contributed by atoms with Crippen molar-refractivity contribution in [1.29, 1.82) is 0 Å². The number of aromatic hydroxyl groups is 1. The third kappa shape index (κ3) is 2.19. The summed E-state index contributed by atoms with van der Waals surface area (Å²) in [7, 11) is 0. The topological polar surface area (TPSA) is 40.8 Å². The van der Waals surface area contributed by atoms with Crippen molar-refractivity contribution in [3.05, 3.63) is 29.3 Å². The van der Waals surface area contributed by atoms with E-state index in [0.29, 0.717) is 17.1 Å². The lowest BCUT2D eigenvalue weighted by Crippen LogP contribution is -2.28. The van der Waals surface area contributed by atoms with Gasteiger partial charge in [0.2, 0.25) is 0 Å². The van der Waals surface area contributed by atoms with E-state index < -0.39 is 0 Å². The van der Waals surface area contributed by atoms with Crippen molar-refractivity contribution in [1.82, 2.24) is 14.3 Å². The molecule has 5 heteroatoms. The van der Waals surface area contributed by atoms with Gasteiger partial charge in [-0.2, -0.15) is 0 Å². The standard InChI is InChI=1S/C14H18ClN3O/c1-9(2)17-5-3-10(8-17)14-16-13(15)12-7-11(19)4-6-18(12)14/h4,6-7,9-10,19H,3,5,8H2,1-2H3. The number of nitrogens with zero attached hydrogens (tertiary/aromatic N) is 3. The van der Waals surface area contributed by atoms with Crippen molar-refractivity contribution in [3.63, 3.8) is 0 Å². The molecule has 1 aliphatic heterocycles. The molecule has 0 amide bonds. The average Bonchev–Trinajstić information content (AvgIpc) is 2.95. The van der Waals surface area contributed by atoms with E-state index in [0.717, 1.165) is 30.9 Å². The van der Waals surface area contributed by atoms with Crippen molar-refractivity contribution in [2.75, 3.05) is 13.1 Å². The first-order valence-corrected chi connectivity index (χ1v) is 7.04. The molecule has 2 aromatic heterocycles. The highest BCUT2D eigenvalue weighted by Crippen LogP contribution is 2.31. The zero-order valence-electron chi connectivity index (χ0n) is 11.2. The van der Waals surface area contributed by atoms with Crippen molar-refractivity contribution in [2.45, 2.75) is 32.2 Å². The van der Waals surface area contributed by atoms with Crippen molar-refractivity contribution in [2.24, 2.45) is 0 Å². The molecule has 0 bridgehead atoms. The van der Waals surface area contributed by atoms with Crippen LogP contribution in [0.4, 0.5) is 0 Å². The summed E-state index contributed by atoms with van der Waals surface area (Å²) in [5, 5.41) is 10.0. The monoisotopic (exact) mass is 279 g/mol. The molecule has 1 N–H and O–H groups in total. The van der Waals surface area contributed by atoms with Gasteiger partial charge < -0.3 is 14.4 Å². The number of pyridine rings is 1. The minimum absolute atomic E-state index is 0.219. The molecule has 4 nitrogen and oxygen atoms in total. The molecule has 0 saturated carbocycles. The first-order chi connectivity index (χ1) is 9.06. The van der Waals surface area contributed by atoms with Gasteiger partial charge in [-0.1, -0.05) is 11.6 Å². The summed E-state index contributed by atoms with van der Waals surface area (Å²) in [5.41, 5.74) is 0.777. The number of likely N-dealkylation sites (tertiary alicyclic amines) is 1. The number of hydrogen-bond donors (Lipinski definition) is 1. The molecule has 2 aromatic rings. The Morgan fingerprint density at radius 2 is 2.26 bits per heavy atom. The molecule has 1 atom stereocenters. The molecule has 1 aliphatic rings. The second-order valence-corrected chi connectivity index (χ2v) is 5.83. The van der Waals surface area contributed by atoms with E-state index in [1.807, 2.05) is 10.6 Å².